The number of carbonyl (C=O) groups is 2. The third kappa shape index (κ3) is 2.49. The molecule has 0 heterocycles. The Labute approximate surface area is 82.7 Å². The second-order valence-corrected chi connectivity index (χ2v) is 3.33. The number of carboxylic acids is 1. The zero-order valence-electron chi connectivity index (χ0n) is 8.04. The lowest BCUT2D eigenvalue weighted by Crippen LogP contribution is -2.39. The van der Waals surface area contributed by atoms with Crippen LogP contribution in [0.3, 0.4) is 0 Å². The second-order valence-electron chi connectivity index (χ2n) is 3.33. The molecule has 1 saturated carbocycles. The van der Waals surface area contributed by atoms with Gasteiger partial charge in [-0.2, -0.15) is 0 Å². The Morgan fingerprint density at radius 2 is 2.14 bits per heavy atom. The Morgan fingerprint density at radius 3 is 2.71 bits per heavy atom. The molecule has 1 aliphatic rings. The summed E-state index contributed by atoms with van der Waals surface area (Å²) >= 11 is 0. The number of carbonyl (C=O) groups excluding carboxylic acids is 1. The lowest BCUT2D eigenvalue weighted by Gasteiger charge is -2.15. The third-order valence-corrected chi connectivity index (χ3v) is 2.39. The smallest absolute Gasteiger partial charge is 0.308 e. The predicted octanol–water partition coefficient (Wildman–Crippen LogP) is 0.379. The Hall–Kier alpha value is -1.50. The van der Waals surface area contributed by atoms with Gasteiger partial charge in [-0.05, 0) is 25.7 Å². The first-order valence-corrected chi connectivity index (χ1v) is 4.61. The summed E-state index contributed by atoms with van der Waals surface area (Å²) in [7, 11) is 0. The Morgan fingerprint density at radius 1 is 1.43 bits per heavy atom. The van der Waals surface area contributed by atoms with Crippen molar-refractivity contribution >= 4 is 11.9 Å². The van der Waals surface area contributed by atoms with E-state index in [1.165, 1.54) is 0 Å². The van der Waals surface area contributed by atoms with E-state index in [0.29, 0.717) is 6.42 Å². The summed E-state index contributed by atoms with van der Waals surface area (Å²) in [5.41, 5.74) is 0. The molecule has 14 heavy (non-hydrogen) atoms. The standard InChI is InChI=1S/C10H13NO3/c1-2-4-9(12)11-8-6-3-5-7(8)10(13)14/h7-8H,3,5-6H2,1H3,(H,11,12)(H,13,14). The van der Waals surface area contributed by atoms with E-state index < -0.39 is 11.9 Å². The number of nitrogens with one attached hydrogen (secondary N) is 1. The predicted molar refractivity (Wildman–Crippen MR) is 50.4 cm³/mol. The van der Waals surface area contributed by atoms with Crippen molar-refractivity contribution in [2.45, 2.75) is 32.2 Å². The molecular weight excluding hydrogens is 182 g/mol. The van der Waals surface area contributed by atoms with Crippen molar-refractivity contribution in [3.8, 4) is 11.8 Å². The van der Waals surface area contributed by atoms with Crippen LogP contribution in [0.5, 0.6) is 0 Å². The van der Waals surface area contributed by atoms with Gasteiger partial charge in [-0.1, -0.05) is 12.3 Å². The quantitative estimate of drug-likeness (QED) is 0.626. The van der Waals surface area contributed by atoms with Gasteiger partial charge in [0, 0.05) is 6.04 Å². The van der Waals surface area contributed by atoms with Crippen LogP contribution in [0.15, 0.2) is 0 Å². The molecule has 2 N–H and O–H groups in total. The summed E-state index contributed by atoms with van der Waals surface area (Å²) in [6.07, 6.45) is 2.22. The maximum absolute atomic E-state index is 11.1. The molecular formula is C10H13NO3. The first-order chi connectivity index (χ1) is 6.65. The fourth-order valence-corrected chi connectivity index (χ4v) is 1.75. The molecule has 76 valence electrons. The fraction of sp³-hybridized carbons (Fsp3) is 0.600. The minimum absolute atomic E-state index is 0.249. The van der Waals surface area contributed by atoms with Gasteiger partial charge in [-0.25, -0.2) is 0 Å². The SMILES string of the molecule is CC#CC(=O)NC1CCCC1C(=O)O. The topological polar surface area (TPSA) is 66.4 Å². The zero-order valence-corrected chi connectivity index (χ0v) is 8.04. The van der Waals surface area contributed by atoms with Gasteiger partial charge < -0.3 is 10.4 Å². The molecule has 0 aromatic heterocycles. The Balaban J connectivity index is 2.54. The third-order valence-electron chi connectivity index (χ3n) is 2.39. The summed E-state index contributed by atoms with van der Waals surface area (Å²) in [5, 5.41) is 11.5. The van der Waals surface area contributed by atoms with E-state index >= 15 is 0 Å². The maximum Gasteiger partial charge on any atom is 0.308 e. The largest absolute Gasteiger partial charge is 0.481 e. The fourth-order valence-electron chi connectivity index (χ4n) is 1.75. The monoisotopic (exact) mass is 195 g/mol. The van der Waals surface area contributed by atoms with Crippen LogP contribution in [0.4, 0.5) is 0 Å². The molecule has 4 heteroatoms. The number of amides is 1. The van der Waals surface area contributed by atoms with Crippen LogP contribution in [0, 0.1) is 17.8 Å². The average molecular weight is 195 g/mol. The molecule has 0 aromatic rings. The number of carboxylic acid groups (broad SMARTS) is 1. The highest BCUT2D eigenvalue weighted by atomic mass is 16.4. The van der Waals surface area contributed by atoms with Gasteiger partial charge in [0.05, 0.1) is 5.92 Å². The first kappa shape index (κ1) is 10.6. The van der Waals surface area contributed by atoms with Crippen LogP contribution in [0.1, 0.15) is 26.2 Å². The highest BCUT2D eigenvalue weighted by Gasteiger charge is 2.33. The molecule has 0 saturated heterocycles. The zero-order chi connectivity index (χ0) is 10.6. The van der Waals surface area contributed by atoms with Crippen molar-refractivity contribution in [3.05, 3.63) is 0 Å². The van der Waals surface area contributed by atoms with Gasteiger partial charge >= 0.3 is 5.97 Å². The van der Waals surface area contributed by atoms with Crippen LogP contribution < -0.4 is 5.32 Å². The van der Waals surface area contributed by atoms with Crippen molar-refractivity contribution in [3.63, 3.8) is 0 Å². The van der Waals surface area contributed by atoms with Gasteiger partial charge in [0.15, 0.2) is 0 Å². The molecule has 2 atom stereocenters. The Kier molecular flexibility index (Phi) is 3.52. The van der Waals surface area contributed by atoms with Crippen molar-refractivity contribution in [2.75, 3.05) is 0 Å². The lowest BCUT2D eigenvalue weighted by atomic mass is 10.0. The minimum Gasteiger partial charge on any atom is -0.481 e. The number of hydrogen-bond donors (Lipinski definition) is 2. The van der Waals surface area contributed by atoms with E-state index in [2.05, 4.69) is 17.2 Å². The summed E-state index contributed by atoms with van der Waals surface area (Å²) in [4.78, 5) is 21.9. The maximum atomic E-state index is 11.1. The van der Waals surface area contributed by atoms with Gasteiger partial charge in [0.1, 0.15) is 0 Å². The van der Waals surface area contributed by atoms with Crippen LogP contribution in [-0.2, 0) is 9.59 Å². The van der Waals surface area contributed by atoms with E-state index in [4.69, 9.17) is 5.11 Å². The average Bonchev–Trinajstić information content (AvgIpc) is 2.52. The molecule has 0 spiro atoms. The van der Waals surface area contributed by atoms with Crippen molar-refractivity contribution in [1.29, 1.82) is 0 Å². The van der Waals surface area contributed by atoms with Crippen LogP contribution in [0.2, 0.25) is 0 Å². The number of aliphatic carboxylic acids is 1. The summed E-state index contributed by atoms with van der Waals surface area (Å²) in [6.45, 7) is 1.57. The van der Waals surface area contributed by atoms with Crippen molar-refractivity contribution < 1.29 is 14.7 Å². The molecule has 2 unspecified atom stereocenters. The number of rotatable bonds is 2. The van der Waals surface area contributed by atoms with E-state index in [9.17, 15) is 9.59 Å². The van der Waals surface area contributed by atoms with E-state index in [1.807, 2.05) is 0 Å². The summed E-state index contributed by atoms with van der Waals surface area (Å²) in [6, 6.07) is -0.249. The normalized spacial score (nSPS) is 24.9. The van der Waals surface area contributed by atoms with Crippen LogP contribution in [0.25, 0.3) is 0 Å². The van der Waals surface area contributed by atoms with Crippen LogP contribution in [-0.4, -0.2) is 23.0 Å². The van der Waals surface area contributed by atoms with Gasteiger partial charge in [0.25, 0.3) is 5.91 Å². The molecule has 1 amide bonds. The van der Waals surface area contributed by atoms with E-state index in [1.54, 1.807) is 6.92 Å². The number of hydrogen-bond acceptors (Lipinski definition) is 2. The van der Waals surface area contributed by atoms with Gasteiger partial charge in [-0.3, -0.25) is 9.59 Å². The van der Waals surface area contributed by atoms with Crippen LogP contribution >= 0.6 is 0 Å². The molecule has 4 nitrogen and oxygen atoms in total. The molecule has 0 aromatic carbocycles. The highest BCUT2D eigenvalue weighted by molar-refractivity contribution is 5.93. The molecule has 1 aliphatic carbocycles. The van der Waals surface area contributed by atoms with Crippen molar-refractivity contribution in [2.24, 2.45) is 5.92 Å². The molecule has 0 aliphatic heterocycles. The summed E-state index contributed by atoms with van der Waals surface area (Å²) < 4.78 is 0. The molecule has 0 bridgehead atoms. The van der Waals surface area contributed by atoms with Gasteiger partial charge in [0.2, 0.25) is 0 Å². The minimum atomic E-state index is -0.836. The molecule has 0 radical (unpaired) electrons. The van der Waals surface area contributed by atoms with Crippen molar-refractivity contribution in [1.82, 2.24) is 5.32 Å². The highest BCUT2D eigenvalue weighted by Crippen LogP contribution is 2.25. The van der Waals surface area contributed by atoms with E-state index in [-0.39, 0.29) is 11.9 Å². The first-order valence-electron chi connectivity index (χ1n) is 4.61. The molecule has 1 rings (SSSR count). The summed E-state index contributed by atoms with van der Waals surface area (Å²) in [5.74, 6) is 3.15. The van der Waals surface area contributed by atoms with E-state index in [0.717, 1.165) is 12.8 Å². The second kappa shape index (κ2) is 4.66. The Bertz CT molecular complexity index is 300. The molecule has 1 fully saturated rings. The lowest BCUT2D eigenvalue weighted by molar-refractivity contribution is -0.142. The van der Waals surface area contributed by atoms with Gasteiger partial charge in [-0.15, -0.1) is 0 Å².